The third kappa shape index (κ3) is 4.28. The van der Waals surface area contributed by atoms with Crippen LogP contribution in [0.15, 0.2) is 0 Å². The van der Waals surface area contributed by atoms with Crippen LogP contribution in [0, 0.1) is 3.57 Å². The summed E-state index contributed by atoms with van der Waals surface area (Å²) in [6.07, 6.45) is 0.844. The van der Waals surface area contributed by atoms with Gasteiger partial charge in [0.1, 0.15) is 11.4 Å². The van der Waals surface area contributed by atoms with Gasteiger partial charge in [-0.15, -0.1) is 0 Å². The number of rotatable bonds is 6. The van der Waals surface area contributed by atoms with Gasteiger partial charge in [-0.05, 0) is 49.8 Å². The second-order valence-electron chi connectivity index (χ2n) is 6.36. The Morgan fingerprint density at radius 2 is 1.71 bits per heavy atom. The summed E-state index contributed by atoms with van der Waals surface area (Å²) in [6.45, 7) is 16.3. The van der Waals surface area contributed by atoms with Crippen LogP contribution in [0.2, 0.25) is 0 Å². The molecule has 21 heavy (non-hydrogen) atoms. The van der Waals surface area contributed by atoms with Gasteiger partial charge in [0.05, 0.1) is 9.26 Å². The van der Waals surface area contributed by atoms with E-state index < -0.39 is 5.60 Å². The van der Waals surface area contributed by atoms with Gasteiger partial charge < -0.3 is 10.1 Å². The van der Waals surface area contributed by atoms with E-state index in [0.717, 1.165) is 33.9 Å². The Morgan fingerprint density at radius 1 is 1.10 bits per heavy atom. The monoisotopic (exact) mass is 405 g/mol. The van der Waals surface area contributed by atoms with E-state index in [0.29, 0.717) is 6.61 Å². The van der Waals surface area contributed by atoms with Gasteiger partial charge in [-0.3, -0.25) is 0 Å². The van der Waals surface area contributed by atoms with E-state index in [9.17, 15) is 0 Å². The number of hydrogen-bond acceptors (Lipinski definition) is 4. The number of ether oxygens (including phenoxy) is 1. The van der Waals surface area contributed by atoms with Gasteiger partial charge in [-0.2, -0.15) is 0 Å². The molecule has 0 spiro atoms. The minimum atomic E-state index is -0.441. The molecular formula is C16H28IN3O. The molecule has 0 fully saturated rings. The minimum Gasteiger partial charge on any atom is -0.369 e. The van der Waals surface area contributed by atoms with E-state index in [1.165, 1.54) is 0 Å². The SMILES string of the molecule is CCNc1nc(C(C)(CC)OCC)nc(C(C)(C)C)c1I. The average molecular weight is 405 g/mol. The third-order valence-electron chi connectivity index (χ3n) is 3.52. The summed E-state index contributed by atoms with van der Waals surface area (Å²) in [4.78, 5) is 9.61. The van der Waals surface area contributed by atoms with Crippen molar-refractivity contribution in [1.29, 1.82) is 0 Å². The fourth-order valence-electron chi connectivity index (χ4n) is 2.11. The number of aromatic nitrogens is 2. The quantitative estimate of drug-likeness (QED) is 0.710. The molecule has 120 valence electrons. The smallest absolute Gasteiger partial charge is 0.162 e. The van der Waals surface area contributed by atoms with Crippen LogP contribution in [0.1, 0.15) is 66.4 Å². The van der Waals surface area contributed by atoms with Crippen LogP contribution in [0.5, 0.6) is 0 Å². The molecule has 0 saturated heterocycles. The first-order chi connectivity index (χ1) is 9.69. The zero-order valence-corrected chi connectivity index (χ0v) is 16.5. The van der Waals surface area contributed by atoms with Crippen LogP contribution < -0.4 is 5.32 Å². The average Bonchev–Trinajstić information content (AvgIpc) is 2.40. The maximum absolute atomic E-state index is 5.95. The summed E-state index contributed by atoms with van der Waals surface area (Å²) in [6, 6.07) is 0. The summed E-state index contributed by atoms with van der Waals surface area (Å²) >= 11 is 2.34. The molecule has 4 nitrogen and oxygen atoms in total. The maximum Gasteiger partial charge on any atom is 0.162 e. The Hall–Kier alpha value is -0.430. The summed E-state index contributed by atoms with van der Waals surface area (Å²) < 4.78 is 7.05. The largest absolute Gasteiger partial charge is 0.369 e. The molecule has 0 radical (unpaired) electrons. The van der Waals surface area contributed by atoms with Crippen LogP contribution in [0.3, 0.4) is 0 Å². The Bertz CT molecular complexity index is 485. The first kappa shape index (κ1) is 18.6. The fourth-order valence-corrected chi connectivity index (χ4v) is 3.35. The van der Waals surface area contributed by atoms with Crippen molar-refractivity contribution in [1.82, 2.24) is 9.97 Å². The maximum atomic E-state index is 5.95. The highest BCUT2D eigenvalue weighted by Gasteiger charge is 2.32. The molecule has 1 rings (SSSR count). The first-order valence-corrected chi connectivity index (χ1v) is 8.73. The molecule has 1 N–H and O–H groups in total. The highest BCUT2D eigenvalue weighted by molar-refractivity contribution is 14.1. The predicted molar refractivity (Wildman–Crippen MR) is 96.9 cm³/mol. The molecule has 1 aromatic heterocycles. The molecule has 0 aromatic carbocycles. The van der Waals surface area contributed by atoms with E-state index >= 15 is 0 Å². The second-order valence-corrected chi connectivity index (χ2v) is 7.43. The lowest BCUT2D eigenvalue weighted by Crippen LogP contribution is -2.31. The lowest BCUT2D eigenvalue weighted by molar-refractivity contribution is -0.0392. The van der Waals surface area contributed by atoms with Gasteiger partial charge in [-0.25, -0.2) is 9.97 Å². The Balaban J connectivity index is 3.49. The molecule has 0 amide bonds. The number of halogens is 1. The van der Waals surface area contributed by atoms with Gasteiger partial charge in [0.2, 0.25) is 0 Å². The molecule has 0 aliphatic heterocycles. The van der Waals surface area contributed by atoms with Crippen LogP contribution in [0.25, 0.3) is 0 Å². The summed E-state index contributed by atoms with van der Waals surface area (Å²) in [5.74, 6) is 1.68. The zero-order valence-electron chi connectivity index (χ0n) is 14.3. The molecule has 1 unspecified atom stereocenters. The fraction of sp³-hybridized carbons (Fsp3) is 0.750. The highest BCUT2D eigenvalue weighted by atomic mass is 127. The van der Waals surface area contributed by atoms with Crippen molar-refractivity contribution < 1.29 is 4.74 Å². The Kier molecular flexibility index (Phi) is 6.40. The van der Waals surface area contributed by atoms with Gasteiger partial charge in [0.15, 0.2) is 5.82 Å². The summed E-state index contributed by atoms with van der Waals surface area (Å²) in [7, 11) is 0. The Labute approximate surface area is 142 Å². The number of anilines is 1. The standard InChI is InChI=1S/C16H28IN3O/c1-8-16(7,21-10-3)14-19-12(15(4,5)6)11(17)13(20-14)18-9-2/h8-10H2,1-7H3,(H,18,19,20). The number of hydrogen-bond donors (Lipinski definition) is 1. The molecule has 0 bridgehead atoms. The van der Waals surface area contributed by atoms with Gasteiger partial charge in [0, 0.05) is 18.6 Å². The lowest BCUT2D eigenvalue weighted by Gasteiger charge is -2.30. The van der Waals surface area contributed by atoms with Crippen molar-refractivity contribution in [2.75, 3.05) is 18.5 Å². The van der Waals surface area contributed by atoms with Crippen molar-refractivity contribution in [3.63, 3.8) is 0 Å². The zero-order chi connectivity index (χ0) is 16.3. The van der Waals surface area contributed by atoms with Gasteiger partial charge in [0.25, 0.3) is 0 Å². The molecule has 1 heterocycles. The molecule has 1 atom stereocenters. The van der Waals surface area contributed by atoms with Crippen LogP contribution in [-0.4, -0.2) is 23.1 Å². The normalized spacial score (nSPS) is 14.9. The molecule has 0 saturated carbocycles. The summed E-state index contributed by atoms with van der Waals surface area (Å²) in [5, 5.41) is 3.35. The van der Waals surface area contributed by atoms with E-state index in [2.05, 4.69) is 69.5 Å². The topological polar surface area (TPSA) is 47.0 Å². The summed E-state index contributed by atoms with van der Waals surface area (Å²) in [5.41, 5.74) is 0.603. The molecular weight excluding hydrogens is 377 g/mol. The van der Waals surface area contributed by atoms with Gasteiger partial charge in [-0.1, -0.05) is 27.7 Å². The predicted octanol–water partition coefficient (Wildman–Crippen LogP) is 4.47. The third-order valence-corrected chi connectivity index (χ3v) is 4.54. The Morgan fingerprint density at radius 3 is 2.14 bits per heavy atom. The van der Waals surface area contributed by atoms with Crippen molar-refractivity contribution in [3.8, 4) is 0 Å². The van der Waals surface area contributed by atoms with Crippen molar-refractivity contribution in [2.45, 2.75) is 65.9 Å². The minimum absolute atomic E-state index is 0.0285. The van der Waals surface area contributed by atoms with Crippen LogP contribution >= 0.6 is 22.6 Å². The van der Waals surface area contributed by atoms with E-state index in [4.69, 9.17) is 14.7 Å². The number of nitrogens with zero attached hydrogens (tertiary/aromatic N) is 2. The molecule has 0 aliphatic carbocycles. The van der Waals surface area contributed by atoms with E-state index in [-0.39, 0.29) is 5.41 Å². The second kappa shape index (κ2) is 7.22. The van der Waals surface area contributed by atoms with Crippen molar-refractivity contribution in [2.24, 2.45) is 0 Å². The highest BCUT2D eigenvalue weighted by Crippen LogP contribution is 2.34. The van der Waals surface area contributed by atoms with Crippen molar-refractivity contribution >= 4 is 28.4 Å². The molecule has 5 heteroatoms. The van der Waals surface area contributed by atoms with Crippen molar-refractivity contribution in [3.05, 3.63) is 15.1 Å². The van der Waals surface area contributed by atoms with E-state index in [1.54, 1.807) is 0 Å². The lowest BCUT2D eigenvalue weighted by atomic mass is 9.91. The van der Waals surface area contributed by atoms with E-state index in [1.807, 2.05) is 6.92 Å². The molecule has 1 aromatic rings. The van der Waals surface area contributed by atoms with Crippen LogP contribution in [-0.2, 0) is 15.8 Å². The number of nitrogens with one attached hydrogen (secondary N) is 1. The van der Waals surface area contributed by atoms with Gasteiger partial charge >= 0.3 is 0 Å². The van der Waals surface area contributed by atoms with Crippen LogP contribution in [0.4, 0.5) is 5.82 Å². The first-order valence-electron chi connectivity index (χ1n) is 7.65. The molecule has 0 aliphatic rings.